The summed E-state index contributed by atoms with van der Waals surface area (Å²) in [6.45, 7) is 11.1. The molecule has 0 aromatic heterocycles. The lowest BCUT2D eigenvalue weighted by Crippen LogP contribution is -2.35. The van der Waals surface area contributed by atoms with E-state index >= 15 is 0 Å². The molecule has 0 bridgehead atoms. The topological polar surface area (TPSA) is 49.8 Å². The molecule has 118 valence electrons. The Labute approximate surface area is 127 Å². The van der Waals surface area contributed by atoms with Crippen LogP contribution in [0.25, 0.3) is 0 Å². The van der Waals surface area contributed by atoms with Crippen molar-refractivity contribution in [3.05, 3.63) is 29.8 Å². The average molecular weight is 293 g/mol. The third-order valence-corrected chi connectivity index (χ3v) is 3.22. The van der Waals surface area contributed by atoms with Crippen molar-refractivity contribution in [2.45, 2.75) is 46.8 Å². The van der Waals surface area contributed by atoms with Crippen molar-refractivity contribution < 1.29 is 14.6 Å². The first-order valence-corrected chi connectivity index (χ1v) is 7.52. The van der Waals surface area contributed by atoms with Crippen molar-refractivity contribution in [3.8, 4) is 5.75 Å². The smallest absolute Gasteiger partial charge is 0.317 e. The summed E-state index contributed by atoms with van der Waals surface area (Å²) in [6.07, 6.45) is 0.151. The van der Waals surface area contributed by atoms with E-state index in [0.29, 0.717) is 5.92 Å². The molecule has 21 heavy (non-hydrogen) atoms. The van der Waals surface area contributed by atoms with Gasteiger partial charge in [-0.3, -0.25) is 9.69 Å². The number of rotatable bonds is 8. The maximum absolute atomic E-state index is 11.0. The Morgan fingerprint density at radius 3 is 2.14 bits per heavy atom. The molecule has 1 rings (SSSR count). The third-order valence-electron chi connectivity index (χ3n) is 3.22. The lowest BCUT2D eigenvalue weighted by Gasteiger charge is -2.29. The fourth-order valence-electron chi connectivity index (χ4n) is 2.31. The fourth-order valence-corrected chi connectivity index (χ4v) is 2.31. The van der Waals surface area contributed by atoms with Crippen molar-refractivity contribution in [3.63, 3.8) is 0 Å². The second kappa shape index (κ2) is 8.03. The standard InChI is InChI=1S/C17H27NO3/c1-12(2)10-18(11-17(19)20)14(5)15-6-8-16(9-7-15)21-13(3)4/h6-9,12-14H,10-11H2,1-5H3,(H,19,20). The van der Waals surface area contributed by atoms with Crippen LogP contribution in [0.15, 0.2) is 24.3 Å². The van der Waals surface area contributed by atoms with Crippen molar-refractivity contribution in [1.82, 2.24) is 4.90 Å². The molecule has 0 aliphatic rings. The Bertz CT molecular complexity index is 440. The van der Waals surface area contributed by atoms with Crippen LogP contribution in [0.3, 0.4) is 0 Å². The van der Waals surface area contributed by atoms with Crippen molar-refractivity contribution in [2.75, 3.05) is 13.1 Å². The highest BCUT2D eigenvalue weighted by atomic mass is 16.5. The van der Waals surface area contributed by atoms with Crippen molar-refractivity contribution >= 4 is 5.97 Å². The highest BCUT2D eigenvalue weighted by molar-refractivity contribution is 5.69. The van der Waals surface area contributed by atoms with Crippen LogP contribution in [-0.4, -0.2) is 35.2 Å². The number of hydrogen-bond donors (Lipinski definition) is 1. The quantitative estimate of drug-likeness (QED) is 0.796. The number of carboxylic acids is 1. The first-order valence-electron chi connectivity index (χ1n) is 7.52. The molecular weight excluding hydrogens is 266 g/mol. The predicted octanol–water partition coefficient (Wildman–Crippen LogP) is 3.58. The second-order valence-electron chi connectivity index (χ2n) is 6.13. The van der Waals surface area contributed by atoms with Crippen LogP contribution in [0.5, 0.6) is 5.75 Å². The van der Waals surface area contributed by atoms with Crippen LogP contribution in [0.2, 0.25) is 0 Å². The van der Waals surface area contributed by atoms with Gasteiger partial charge in [0.15, 0.2) is 0 Å². The van der Waals surface area contributed by atoms with Gasteiger partial charge in [-0.2, -0.15) is 0 Å². The summed E-state index contributed by atoms with van der Waals surface area (Å²) < 4.78 is 5.63. The molecule has 1 N–H and O–H groups in total. The Morgan fingerprint density at radius 1 is 1.14 bits per heavy atom. The van der Waals surface area contributed by atoms with Crippen LogP contribution >= 0.6 is 0 Å². The molecule has 4 heteroatoms. The molecule has 0 aliphatic heterocycles. The molecular formula is C17H27NO3. The zero-order valence-corrected chi connectivity index (χ0v) is 13.7. The van der Waals surface area contributed by atoms with Gasteiger partial charge in [0.1, 0.15) is 5.75 Å². The number of carboxylic acid groups (broad SMARTS) is 1. The third kappa shape index (κ3) is 6.17. The van der Waals surface area contributed by atoms with Crippen molar-refractivity contribution in [1.29, 1.82) is 0 Å². The minimum atomic E-state index is -0.790. The molecule has 1 aromatic rings. The lowest BCUT2D eigenvalue weighted by molar-refractivity contribution is -0.139. The second-order valence-corrected chi connectivity index (χ2v) is 6.13. The van der Waals surface area contributed by atoms with Gasteiger partial charge in [-0.1, -0.05) is 26.0 Å². The van der Waals surface area contributed by atoms with E-state index in [4.69, 9.17) is 9.84 Å². The summed E-state index contributed by atoms with van der Waals surface area (Å²) in [6, 6.07) is 7.98. The van der Waals surface area contributed by atoms with Gasteiger partial charge in [-0.05, 0) is 44.4 Å². The Balaban J connectivity index is 2.82. The van der Waals surface area contributed by atoms with E-state index < -0.39 is 5.97 Å². The summed E-state index contributed by atoms with van der Waals surface area (Å²) in [4.78, 5) is 13.0. The SMILES string of the molecule is CC(C)CN(CC(=O)O)C(C)c1ccc(OC(C)C)cc1. The van der Waals surface area contributed by atoms with Crippen LogP contribution in [0.1, 0.15) is 46.2 Å². The molecule has 0 radical (unpaired) electrons. The van der Waals surface area contributed by atoms with Gasteiger partial charge >= 0.3 is 5.97 Å². The molecule has 0 saturated carbocycles. The van der Waals surface area contributed by atoms with Crippen LogP contribution in [0.4, 0.5) is 0 Å². The molecule has 0 spiro atoms. The van der Waals surface area contributed by atoms with Gasteiger partial charge < -0.3 is 9.84 Å². The van der Waals surface area contributed by atoms with E-state index in [2.05, 4.69) is 13.8 Å². The van der Waals surface area contributed by atoms with Gasteiger partial charge in [0.05, 0.1) is 12.6 Å². The first-order chi connectivity index (χ1) is 9.79. The number of hydrogen-bond acceptors (Lipinski definition) is 3. The number of carbonyl (C=O) groups is 1. The zero-order chi connectivity index (χ0) is 16.0. The number of nitrogens with zero attached hydrogens (tertiary/aromatic N) is 1. The van der Waals surface area contributed by atoms with Gasteiger partial charge in [0.25, 0.3) is 0 Å². The monoisotopic (exact) mass is 293 g/mol. The zero-order valence-electron chi connectivity index (χ0n) is 13.7. The summed E-state index contributed by atoms with van der Waals surface area (Å²) in [5.41, 5.74) is 1.10. The predicted molar refractivity (Wildman–Crippen MR) is 84.7 cm³/mol. The number of ether oxygens (including phenoxy) is 1. The maximum atomic E-state index is 11.0. The van der Waals surface area contributed by atoms with E-state index in [1.54, 1.807) is 0 Å². The molecule has 1 atom stereocenters. The molecule has 0 aliphatic carbocycles. The minimum absolute atomic E-state index is 0.0591. The van der Waals surface area contributed by atoms with E-state index in [1.165, 1.54) is 0 Å². The maximum Gasteiger partial charge on any atom is 0.317 e. The number of aliphatic carboxylic acids is 1. The van der Waals surface area contributed by atoms with Gasteiger partial charge in [0.2, 0.25) is 0 Å². The van der Waals surface area contributed by atoms with Crippen molar-refractivity contribution in [2.24, 2.45) is 5.92 Å². The fraction of sp³-hybridized carbons (Fsp3) is 0.588. The highest BCUT2D eigenvalue weighted by Gasteiger charge is 2.19. The molecule has 1 aromatic carbocycles. The van der Waals surface area contributed by atoms with E-state index in [1.807, 2.05) is 49.9 Å². The summed E-state index contributed by atoms with van der Waals surface area (Å²) in [5, 5.41) is 9.07. The Kier molecular flexibility index (Phi) is 6.69. The van der Waals surface area contributed by atoms with E-state index in [-0.39, 0.29) is 18.7 Å². The van der Waals surface area contributed by atoms with Crippen LogP contribution in [-0.2, 0) is 4.79 Å². The van der Waals surface area contributed by atoms with E-state index in [0.717, 1.165) is 17.9 Å². The largest absolute Gasteiger partial charge is 0.491 e. The van der Waals surface area contributed by atoms with Gasteiger partial charge in [-0.25, -0.2) is 0 Å². The summed E-state index contributed by atoms with van der Waals surface area (Å²) >= 11 is 0. The number of benzene rings is 1. The molecule has 0 saturated heterocycles. The Hall–Kier alpha value is -1.55. The molecule has 0 heterocycles. The van der Waals surface area contributed by atoms with Crippen LogP contribution < -0.4 is 4.74 Å². The van der Waals surface area contributed by atoms with Gasteiger partial charge in [0, 0.05) is 12.6 Å². The van der Waals surface area contributed by atoms with E-state index in [9.17, 15) is 4.79 Å². The average Bonchev–Trinajstić information content (AvgIpc) is 2.36. The molecule has 4 nitrogen and oxygen atoms in total. The normalized spacial score (nSPS) is 13.0. The lowest BCUT2D eigenvalue weighted by atomic mass is 10.0. The summed E-state index contributed by atoms with van der Waals surface area (Å²) in [5.74, 6) is 0.479. The summed E-state index contributed by atoms with van der Waals surface area (Å²) in [7, 11) is 0. The Morgan fingerprint density at radius 2 is 1.71 bits per heavy atom. The molecule has 1 unspecified atom stereocenters. The van der Waals surface area contributed by atoms with Crippen LogP contribution in [0, 0.1) is 5.92 Å². The molecule has 0 amide bonds. The van der Waals surface area contributed by atoms with Gasteiger partial charge in [-0.15, -0.1) is 0 Å². The molecule has 0 fully saturated rings. The highest BCUT2D eigenvalue weighted by Crippen LogP contribution is 2.24. The first kappa shape index (κ1) is 17.5. The minimum Gasteiger partial charge on any atom is -0.491 e.